The first-order chi connectivity index (χ1) is 6.91. The highest BCUT2D eigenvalue weighted by atomic mass is 16.5. The maximum atomic E-state index is 4.84. The summed E-state index contributed by atoms with van der Waals surface area (Å²) < 4.78 is 4.84. The van der Waals surface area contributed by atoms with Crippen LogP contribution in [0, 0.1) is 5.41 Å². The minimum atomic E-state index is 0.434. The SMILES string of the molecule is c1nc([C@H]2CNCC23CCCC3)no1. The molecular weight excluding hydrogens is 178 g/mol. The van der Waals surface area contributed by atoms with Crippen LogP contribution >= 0.6 is 0 Å². The van der Waals surface area contributed by atoms with Crippen LogP contribution in [0.4, 0.5) is 0 Å². The molecule has 1 aromatic heterocycles. The summed E-state index contributed by atoms with van der Waals surface area (Å²) in [5, 5.41) is 7.46. The molecule has 14 heavy (non-hydrogen) atoms. The van der Waals surface area contributed by atoms with Crippen molar-refractivity contribution in [2.75, 3.05) is 13.1 Å². The summed E-state index contributed by atoms with van der Waals surface area (Å²) in [7, 11) is 0. The molecule has 0 amide bonds. The van der Waals surface area contributed by atoms with Gasteiger partial charge in [0.2, 0.25) is 6.39 Å². The van der Waals surface area contributed by atoms with Crippen molar-refractivity contribution in [2.24, 2.45) is 5.41 Å². The molecule has 1 N–H and O–H groups in total. The number of rotatable bonds is 1. The van der Waals surface area contributed by atoms with Crippen LogP contribution in [0.25, 0.3) is 0 Å². The van der Waals surface area contributed by atoms with Gasteiger partial charge in [-0.1, -0.05) is 18.0 Å². The number of hydrogen-bond acceptors (Lipinski definition) is 4. The lowest BCUT2D eigenvalue weighted by Crippen LogP contribution is -2.25. The Hall–Kier alpha value is -0.900. The second-order valence-corrected chi connectivity index (χ2v) is 4.54. The van der Waals surface area contributed by atoms with Crippen molar-refractivity contribution in [1.29, 1.82) is 0 Å². The van der Waals surface area contributed by atoms with Crippen LogP contribution < -0.4 is 5.32 Å². The molecule has 1 saturated carbocycles. The summed E-state index contributed by atoms with van der Waals surface area (Å²) in [5.74, 6) is 1.38. The zero-order valence-electron chi connectivity index (χ0n) is 8.20. The molecule has 2 aliphatic rings. The smallest absolute Gasteiger partial charge is 0.213 e. The summed E-state index contributed by atoms with van der Waals surface area (Å²) in [6, 6.07) is 0. The monoisotopic (exact) mass is 193 g/mol. The zero-order valence-corrected chi connectivity index (χ0v) is 8.20. The molecule has 0 radical (unpaired) electrons. The van der Waals surface area contributed by atoms with E-state index in [-0.39, 0.29) is 0 Å². The first-order valence-electron chi connectivity index (χ1n) is 5.38. The van der Waals surface area contributed by atoms with Gasteiger partial charge in [-0.25, -0.2) is 0 Å². The molecule has 1 aromatic rings. The van der Waals surface area contributed by atoms with Crippen molar-refractivity contribution < 1.29 is 4.52 Å². The fraction of sp³-hybridized carbons (Fsp3) is 0.800. The molecule has 4 nitrogen and oxygen atoms in total. The molecule has 1 atom stereocenters. The van der Waals surface area contributed by atoms with Gasteiger partial charge in [0.05, 0.1) is 0 Å². The summed E-state index contributed by atoms with van der Waals surface area (Å²) >= 11 is 0. The quantitative estimate of drug-likeness (QED) is 0.730. The van der Waals surface area contributed by atoms with Gasteiger partial charge in [0.25, 0.3) is 0 Å². The van der Waals surface area contributed by atoms with Crippen LogP contribution in [-0.4, -0.2) is 23.2 Å². The maximum Gasteiger partial charge on any atom is 0.213 e. The Morgan fingerprint density at radius 1 is 1.43 bits per heavy atom. The van der Waals surface area contributed by atoms with Crippen molar-refractivity contribution in [2.45, 2.75) is 31.6 Å². The second-order valence-electron chi connectivity index (χ2n) is 4.54. The second kappa shape index (κ2) is 3.05. The Morgan fingerprint density at radius 3 is 3.00 bits per heavy atom. The maximum absolute atomic E-state index is 4.84. The van der Waals surface area contributed by atoms with Crippen LogP contribution in [0.1, 0.15) is 37.4 Å². The van der Waals surface area contributed by atoms with Crippen molar-refractivity contribution in [3.63, 3.8) is 0 Å². The fourth-order valence-corrected chi connectivity index (χ4v) is 3.11. The highest BCUT2D eigenvalue weighted by Crippen LogP contribution is 2.49. The highest BCUT2D eigenvalue weighted by Gasteiger charge is 2.47. The molecule has 0 unspecified atom stereocenters. The molecule has 2 fully saturated rings. The van der Waals surface area contributed by atoms with Gasteiger partial charge in [0, 0.05) is 19.0 Å². The van der Waals surface area contributed by atoms with E-state index in [1.54, 1.807) is 0 Å². The van der Waals surface area contributed by atoms with E-state index in [1.807, 2.05) is 0 Å². The molecular formula is C10H15N3O. The molecule has 0 aromatic carbocycles. The van der Waals surface area contributed by atoms with Crippen molar-refractivity contribution in [3.05, 3.63) is 12.2 Å². The number of hydrogen-bond donors (Lipinski definition) is 1. The standard InChI is InChI=1S/C10H15N3O/c1-2-4-10(3-1)6-11-5-8(10)9-12-7-14-13-9/h7-8,11H,1-6H2/t8-/m1/s1. The Morgan fingerprint density at radius 2 is 2.29 bits per heavy atom. The molecule has 1 saturated heterocycles. The lowest BCUT2D eigenvalue weighted by atomic mass is 9.76. The molecule has 0 bridgehead atoms. The van der Waals surface area contributed by atoms with Gasteiger partial charge in [-0.2, -0.15) is 4.98 Å². The molecule has 1 aliphatic heterocycles. The van der Waals surface area contributed by atoms with Gasteiger partial charge in [0.1, 0.15) is 0 Å². The third kappa shape index (κ3) is 1.10. The van der Waals surface area contributed by atoms with E-state index in [2.05, 4.69) is 15.5 Å². The first kappa shape index (κ1) is 8.41. The van der Waals surface area contributed by atoms with E-state index < -0.39 is 0 Å². The largest absolute Gasteiger partial charge is 0.343 e. The summed E-state index contributed by atoms with van der Waals surface area (Å²) in [6.45, 7) is 2.14. The fourth-order valence-electron chi connectivity index (χ4n) is 3.11. The first-order valence-corrected chi connectivity index (χ1v) is 5.38. The normalized spacial score (nSPS) is 30.1. The summed E-state index contributed by atoms with van der Waals surface area (Å²) in [5.41, 5.74) is 0.434. The third-order valence-electron chi connectivity index (χ3n) is 3.85. The minimum absolute atomic E-state index is 0.434. The van der Waals surface area contributed by atoms with E-state index in [0.717, 1.165) is 18.9 Å². The molecule has 1 spiro atoms. The Labute approximate surface area is 83.1 Å². The van der Waals surface area contributed by atoms with E-state index in [9.17, 15) is 0 Å². The average Bonchev–Trinajstić information content (AvgIpc) is 2.91. The average molecular weight is 193 g/mol. The minimum Gasteiger partial charge on any atom is -0.343 e. The Bertz CT molecular complexity index is 298. The molecule has 3 rings (SSSR count). The predicted octanol–water partition coefficient (Wildman–Crippen LogP) is 1.32. The highest BCUT2D eigenvalue weighted by molar-refractivity contribution is 5.10. The van der Waals surface area contributed by atoms with Crippen LogP contribution in [0.15, 0.2) is 10.9 Å². The van der Waals surface area contributed by atoms with E-state index in [1.165, 1.54) is 32.1 Å². The predicted molar refractivity (Wildman–Crippen MR) is 50.8 cm³/mol. The number of aromatic nitrogens is 2. The summed E-state index contributed by atoms with van der Waals surface area (Å²) in [6.07, 6.45) is 6.79. The number of nitrogens with zero attached hydrogens (tertiary/aromatic N) is 2. The van der Waals surface area contributed by atoms with Crippen LogP contribution in [0.5, 0.6) is 0 Å². The van der Waals surface area contributed by atoms with Gasteiger partial charge in [0.15, 0.2) is 5.82 Å². The van der Waals surface area contributed by atoms with Crippen LogP contribution in [-0.2, 0) is 0 Å². The molecule has 1 aliphatic carbocycles. The third-order valence-corrected chi connectivity index (χ3v) is 3.85. The van der Waals surface area contributed by atoms with Gasteiger partial charge in [-0.05, 0) is 18.3 Å². The van der Waals surface area contributed by atoms with Crippen LogP contribution in [0.2, 0.25) is 0 Å². The lowest BCUT2D eigenvalue weighted by Gasteiger charge is -2.27. The topological polar surface area (TPSA) is 51.0 Å². The van der Waals surface area contributed by atoms with Crippen LogP contribution in [0.3, 0.4) is 0 Å². The Kier molecular flexibility index (Phi) is 1.83. The van der Waals surface area contributed by atoms with E-state index in [0.29, 0.717) is 11.3 Å². The molecule has 4 heteroatoms. The Balaban J connectivity index is 1.91. The van der Waals surface area contributed by atoms with Gasteiger partial charge >= 0.3 is 0 Å². The lowest BCUT2D eigenvalue weighted by molar-refractivity contribution is 0.279. The van der Waals surface area contributed by atoms with Crippen molar-refractivity contribution in [1.82, 2.24) is 15.5 Å². The van der Waals surface area contributed by atoms with E-state index >= 15 is 0 Å². The van der Waals surface area contributed by atoms with Crippen molar-refractivity contribution >= 4 is 0 Å². The van der Waals surface area contributed by atoms with Crippen molar-refractivity contribution in [3.8, 4) is 0 Å². The van der Waals surface area contributed by atoms with Gasteiger partial charge in [-0.3, -0.25) is 0 Å². The number of nitrogens with one attached hydrogen (secondary N) is 1. The zero-order chi connectivity index (χ0) is 9.43. The van der Waals surface area contributed by atoms with Gasteiger partial charge in [-0.15, -0.1) is 0 Å². The molecule has 2 heterocycles. The molecule has 76 valence electrons. The van der Waals surface area contributed by atoms with E-state index in [4.69, 9.17) is 4.52 Å². The van der Waals surface area contributed by atoms with Gasteiger partial charge < -0.3 is 9.84 Å². The summed E-state index contributed by atoms with van der Waals surface area (Å²) in [4.78, 5) is 4.20.